The van der Waals surface area contributed by atoms with Crippen LogP contribution >= 0.6 is 0 Å². The lowest BCUT2D eigenvalue weighted by molar-refractivity contribution is -0.157. The Kier molecular flexibility index (Phi) is 5.18. The SMILES string of the molecule is CCOC(=O)[C@@H]1CCCN(C(=O)[C@H]2C[C@@H]3CC[C@]2(C)C[C@]32NC(=O)c3ccccc3N2)C1. The lowest BCUT2D eigenvalue weighted by Gasteiger charge is -2.61. The van der Waals surface area contributed by atoms with Gasteiger partial charge in [-0.25, -0.2) is 0 Å². The highest BCUT2D eigenvalue weighted by molar-refractivity contribution is 6.02. The number of hydrogen-bond donors (Lipinski definition) is 2. The van der Waals surface area contributed by atoms with Gasteiger partial charge in [0.2, 0.25) is 5.91 Å². The van der Waals surface area contributed by atoms with E-state index in [0.29, 0.717) is 25.3 Å². The van der Waals surface area contributed by atoms with Crippen molar-refractivity contribution in [1.29, 1.82) is 0 Å². The molecule has 4 fully saturated rings. The monoisotopic (exact) mass is 439 g/mol. The van der Waals surface area contributed by atoms with E-state index in [0.717, 1.165) is 44.2 Å². The van der Waals surface area contributed by atoms with E-state index in [4.69, 9.17) is 4.74 Å². The molecular weight excluding hydrogens is 406 g/mol. The van der Waals surface area contributed by atoms with Crippen LogP contribution in [0.25, 0.3) is 0 Å². The second-order valence-electron chi connectivity index (χ2n) is 10.3. The van der Waals surface area contributed by atoms with E-state index in [2.05, 4.69) is 17.6 Å². The number of carbonyl (C=O) groups excluding carboxylic acids is 3. The summed E-state index contributed by atoms with van der Waals surface area (Å²) in [5, 5.41) is 6.94. The molecular formula is C25H33N3O4. The van der Waals surface area contributed by atoms with Crippen LogP contribution in [-0.2, 0) is 14.3 Å². The van der Waals surface area contributed by atoms with Crippen LogP contribution in [0.2, 0.25) is 0 Å². The number of nitrogens with zero attached hydrogens (tertiary/aromatic N) is 1. The molecule has 1 saturated heterocycles. The first-order valence-corrected chi connectivity index (χ1v) is 12.0. The van der Waals surface area contributed by atoms with Crippen molar-refractivity contribution in [2.24, 2.45) is 23.2 Å². The molecule has 1 aromatic carbocycles. The molecule has 6 rings (SSSR count). The number of nitrogens with one attached hydrogen (secondary N) is 2. The number of benzene rings is 1. The molecule has 3 saturated carbocycles. The summed E-state index contributed by atoms with van der Waals surface area (Å²) < 4.78 is 5.21. The first kappa shape index (κ1) is 21.3. The van der Waals surface area contributed by atoms with Crippen LogP contribution in [0.15, 0.2) is 24.3 Å². The lowest BCUT2D eigenvalue weighted by atomic mass is 9.51. The normalized spacial score (nSPS) is 35.6. The number of carbonyl (C=O) groups is 3. The van der Waals surface area contributed by atoms with Gasteiger partial charge in [0.25, 0.3) is 5.91 Å². The zero-order valence-electron chi connectivity index (χ0n) is 19.0. The molecule has 2 bridgehead atoms. The second-order valence-corrected chi connectivity index (χ2v) is 10.3. The molecule has 2 heterocycles. The fourth-order valence-corrected chi connectivity index (χ4v) is 6.68. The van der Waals surface area contributed by atoms with E-state index in [1.165, 1.54) is 0 Å². The summed E-state index contributed by atoms with van der Waals surface area (Å²) in [6.07, 6.45) is 5.07. The molecule has 7 heteroatoms. The van der Waals surface area contributed by atoms with Crippen LogP contribution in [-0.4, -0.2) is 48.0 Å². The van der Waals surface area contributed by atoms with Gasteiger partial charge in [-0.1, -0.05) is 19.1 Å². The Morgan fingerprint density at radius 2 is 2.03 bits per heavy atom. The van der Waals surface area contributed by atoms with E-state index in [1.54, 1.807) is 0 Å². The Hall–Kier alpha value is -2.57. The number of piperidine rings is 1. The van der Waals surface area contributed by atoms with Gasteiger partial charge < -0.3 is 20.3 Å². The molecule has 5 aliphatic rings. The maximum absolute atomic E-state index is 13.7. The molecule has 3 aliphatic carbocycles. The van der Waals surface area contributed by atoms with Gasteiger partial charge in [-0.2, -0.15) is 0 Å². The molecule has 32 heavy (non-hydrogen) atoms. The van der Waals surface area contributed by atoms with Crippen molar-refractivity contribution in [1.82, 2.24) is 10.2 Å². The molecule has 1 aromatic rings. The Bertz CT molecular complexity index is 949. The molecule has 172 valence electrons. The summed E-state index contributed by atoms with van der Waals surface area (Å²) in [5.74, 6) is -0.156. The lowest BCUT2D eigenvalue weighted by Crippen LogP contribution is -2.70. The number of para-hydroxylation sites is 1. The number of esters is 1. The highest BCUT2D eigenvalue weighted by Crippen LogP contribution is 2.59. The predicted octanol–water partition coefficient (Wildman–Crippen LogP) is 3.17. The quantitative estimate of drug-likeness (QED) is 0.707. The van der Waals surface area contributed by atoms with Crippen molar-refractivity contribution in [3.05, 3.63) is 29.8 Å². The van der Waals surface area contributed by atoms with E-state index >= 15 is 0 Å². The fraction of sp³-hybridized carbons (Fsp3) is 0.640. The first-order chi connectivity index (χ1) is 15.3. The molecule has 5 atom stereocenters. The van der Waals surface area contributed by atoms with Crippen molar-refractivity contribution in [2.75, 3.05) is 25.0 Å². The van der Waals surface area contributed by atoms with Crippen molar-refractivity contribution in [3.63, 3.8) is 0 Å². The summed E-state index contributed by atoms with van der Waals surface area (Å²) in [6, 6.07) is 7.63. The van der Waals surface area contributed by atoms with Crippen molar-refractivity contribution < 1.29 is 19.1 Å². The highest BCUT2D eigenvalue weighted by atomic mass is 16.5. The van der Waals surface area contributed by atoms with Gasteiger partial charge in [0, 0.05) is 30.6 Å². The predicted molar refractivity (Wildman–Crippen MR) is 120 cm³/mol. The number of anilines is 1. The molecule has 2 aliphatic heterocycles. The molecule has 0 radical (unpaired) electrons. The van der Waals surface area contributed by atoms with Gasteiger partial charge in [-0.15, -0.1) is 0 Å². The van der Waals surface area contributed by atoms with Crippen LogP contribution in [0.5, 0.6) is 0 Å². The van der Waals surface area contributed by atoms with Crippen molar-refractivity contribution in [3.8, 4) is 0 Å². The van der Waals surface area contributed by atoms with Crippen molar-refractivity contribution >= 4 is 23.5 Å². The number of amides is 2. The maximum atomic E-state index is 13.7. The third-order valence-electron chi connectivity index (χ3n) is 8.32. The molecule has 7 nitrogen and oxygen atoms in total. The maximum Gasteiger partial charge on any atom is 0.310 e. The Morgan fingerprint density at radius 1 is 1.22 bits per heavy atom. The zero-order chi connectivity index (χ0) is 22.5. The molecule has 2 N–H and O–H groups in total. The average Bonchev–Trinajstić information content (AvgIpc) is 2.78. The number of fused-ring (bicyclic) bond motifs is 3. The minimum absolute atomic E-state index is 0.0355. The van der Waals surface area contributed by atoms with E-state index in [1.807, 2.05) is 36.1 Å². The van der Waals surface area contributed by atoms with E-state index in [-0.39, 0.29) is 41.0 Å². The van der Waals surface area contributed by atoms with Gasteiger partial charge in [0.05, 0.1) is 18.1 Å². The Labute approximate surface area is 189 Å². The summed E-state index contributed by atoms with van der Waals surface area (Å²) >= 11 is 0. The van der Waals surface area contributed by atoms with E-state index in [9.17, 15) is 14.4 Å². The largest absolute Gasteiger partial charge is 0.466 e. The third kappa shape index (κ3) is 3.37. The van der Waals surface area contributed by atoms with Crippen LogP contribution < -0.4 is 10.6 Å². The summed E-state index contributed by atoms with van der Waals surface area (Å²) in [5.41, 5.74) is 0.860. The average molecular weight is 440 g/mol. The van der Waals surface area contributed by atoms with E-state index < -0.39 is 5.66 Å². The van der Waals surface area contributed by atoms with Gasteiger partial charge in [0.15, 0.2) is 0 Å². The summed E-state index contributed by atoms with van der Waals surface area (Å²) in [6.45, 7) is 5.56. The van der Waals surface area contributed by atoms with Crippen LogP contribution in [0, 0.1) is 23.2 Å². The second kappa shape index (κ2) is 7.78. The molecule has 1 spiro atoms. The van der Waals surface area contributed by atoms with Crippen LogP contribution in [0.4, 0.5) is 5.69 Å². The van der Waals surface area contributed by atoms with Gasteiger partial charge >= 0.3 is 5.97 Å². The first-order valence-electron chi connectivity index (χ1n) is 12.0. The Balaban J connectivity index is 1.34. The molecule has 2 amide bonds. The minimum atomic E-state index is -0.495. The number of ether oxygens (including phenoxy) is 1. The standard InChI is InChI=1S/C25H33N3O4/c1-3-32-23(31)16-7-6-12-28(14-16)22(30)19-13-17-10-11-24(19,2)15-25(17)26-20-9-5-4-8-18(20)21(29)27-25/h4-5,8-9,16-17,19,26H,3,6-7,10-15H2,1-2H3,(H,27,29)/t16-,17+,19-,24-,25+/m1/s1. The topological polar surface area (TPSA) is 87.7 Å². The van der Waals surface area contributed by atoms with Crippen LogP contribution in [0.1, 0.15) is 62.7 Å². The third-order valence-corrected chi connectivity index (χ3v) is 8.32. The van der Waals surface area contributed by atoms with Gasteiger partial charge in [0.1, 0.15) is 5.66 Å². The van der Waals surface area contributed by atoms with Crippen molar-refractivity contribution in [2.45, 2.75) is 58.0 Å². The minimum Gasteiger partial charge on any atom is -0.466 e. The summed E-state index contributed by atoms with van der Waals surface area (Å²) in [7, 11) is 0. The van der Waals surface area contributed by atoms with Crippen LogP contribution in [0.3, 0.4) is 0 Å². The molecule has 0 unspecified atom stereocenters. The number of rotatable bonds is 3. The van der Waals surface area contributed by atoms with Gasteiger partial charge in [-0.3, -0.25) is 14.4 Å². The number of likely N-dealkylation sites (tertiary alicyclic amines) is 1. The fourth-order valence-electron chi connectivity index (χ4n) is 6.68. The number of hydrogen-bond acceptors (Lipinski definition) is 5. The zero-order valence-corrected chi connectivity index (χ0v) is 19.0. The highest BCUT2D eigenvalue weighted by Gasteiger charge is 2.60. The smallest absolute Gasteiger partial charge is 0.310 e. The Morgan fingerprint density at radius 3 is 2.81 bits per heavy atom. The molecule has 0 aromatic heterocycles. The summed E-state index contributed by atoms with van der Waals surface area (Å²) in [4.78, 5) is 40.7. The van der Waals surface area contributed by atoms with Gasteiger partial charge in [-0.05, 0) is 63.0 Å².